The van der Waals surface area contributed by atoms with Crippen LogP contribution in [-0.4, -0.2) is 35.2 Å². The Morgan fingerprint density at radius 1 is 0.500 bits per heavy atom. The van der Waals surface area contributed by atoms with Gasteiger partial charge in [0.25, 0.3) is 0 Å². The van der Waals surface area contributed by atoms with Gasteiger partial charge in [0.15, 0.2) is 0 Å². The number of halogens is 2. The van der Waals surface area contributed by atoms with Crippen LogP contribution in [0, 0.1) is 0 Å². The van der Waals surface area contributed by atoms with Crippen LogP contribution in [0.3, 0.4) is 0 Å². The van der Waals surface area contributed by atoms with Crippen LogP contribution in [0.25, 0.3) is 0 Å². The third kappa shape index (κ3) is 9.39. The molecular formula is Cl2Ge2-2. The molecule has 0 aromatic rings. The molecule has 0 aromatic heterocycles. The summed E-state index contributed by atoms with van der Waals surface area (Å²) in [6, 6.07) is 0. The normalized spacial score (nSPS) is 0. The van der Waals surface area contributed by atoms with E-state index in [1.165, 1.54) is 0 Å². The minimum absolute atomic E-state index is 0. The van der Waals surface area contributed by atoms with Crippen LogP contribution in [0.4, 0.5) is 0 Å². The second-order valence-corrected chi connectivity index (χ2v) is 0. The van der Waals surface area contributed by atoms with Gasteiger partial charge in [0, 0.05) is 35.2 Å². The topological polar surface area (TPSA) is 0 Å². The maximum atomic E-state index is 0. The van der Waals surface area contributed by atoms with Gasteiger partial charge in [-0.3, -0.25) is 0 Å². The van der Waals surface area contributed by atoms with E-state index in [1.807, 2.05) is 0 Å². The van der Waals surface area contributed by atoms with Crippen molar-refractivity contribution in [1.29, 1.82) is 0 Å². The Morgan fingerprint density at radius 2 is 0.500 bits per heavy atom. The SMILES string of the molecule is [Cl-].[Cl-].[Ge].[Ge]. The Bertz CT molecular complexity index is 4.00. The monoisotopic (exact) mass is 218 g/mol. The minimum atomic E-state index is 0. The van der Waals surface area contributed by atoms with Crippen molar-refractivity contribution in [1.82, 2.24) is 0 Å². The predicted octanol–water partition coefficient (Wildman–Crippen LogP) is -6.75. The van der Waals surface area contributed by atoms with Gasteiger partial charge in [-0.2, -0.15) is 0 Å². The molecule has 0 spiro atoms. The standard InChI is InChI=1S/2ClH.2Ge/h2*1H;;/p-2. The van der Waals surface area contributed by atoms with Crippen LogP contribution in [0.1, 0.15) is 0 Å². The fourth-order valence-electron chi connectivity index (χ4n) is 0. The van der Waals surface area contributed by atoms with Crippen molar-refractivity contribution < 1.29 is 24.8 Å². The van der Waals surface area contributed by atoms with E-state index in [4.69, 9.17) is 0 Å². The molecular weight excluding hydrogens is 216 g/mol. The predicted molar refractivity (Wildman–Crippen MR) is 11.5 cm³/mol. The molecule has 0 aliphatic heterocycles. The second-order valence-electron chi connectivity index (χ2n) is 0. The molecule has 0 saturated carbocycles. The van der Waals surface area contributed by atoms with Gasteiger partial charge in [-0.25, -0.2) is 0 Å². The first-order valence-corrected chi connectivity index (χ1v) is 0. The Morgan fingerprint density at radius 3 is 0.500 bits per heavy atom. The average molecular weight is 216 g/mol. The van der Waals surface area contributed by atoms with Gasteiger partial charge in [0.2, 0.25) is 0 Å². The molecule has 0 N–H and O–H groups in total. The molecule has 8 radical (unpaired) electrons. The van der Waals surface area contributed by atoms with Gasteiger partial charge in [0.1, 0.15) is 0 Å². The van der Waals surface area contributed by atoms with Crippen molar-refractivity contribution in [3.05, 3.63) is 0 Å². The van der Waals surface area contributed by atoms with Crippen LogP contribution in [-0.2, 0) is 0 Å². The van der Waals surface area contributed by atoms with E-state index in [9.17, 15) is 0 Å². The quantitative estimate of drug-likeness (QED) is 0.353. The average Bonchev–Trinajstić information content (AvgIpc) is 0. The Labute approximate surface area is 59.9 Å². The molecule has 0 bridgehead atoms. The summed E-state index contributed by atoms with van der Waals surface area (Å²) in [6.45, 7) is 0. The van der Waals surface area contributed by atoms with Crippen LogP contribution < -0.4 is 24.8 Å². The van der Waals surface area contributed by atoms with Crippen LogP contribution in [0.5, 0.6) is 0 Å². The van der Waals surface area contributed by atoms with E-state index in [2.05, 4.69) is 0 Å². The second kappa shape index (κ2) is 22.6. The van der Waals surface area contributed by atoms with Gasteiger partial charge in [0.05, 0.1) is 0 Å². The van der Waals surface area contributed by atoms with Crippen molar-refractivity contribution in [2.45, 2.75) is 0 Å². The van der Waals surface area contributed by atoms with E-state index in [0.717, 1.165) is 0 Å². The molecule has 0 fully saturated rings. The van der Waals surface area contributed by atoms with Crippen LogP contribution in [0.15, 0.2) is 0 Å². The van der Waals surface area contributed by atoms with Crippen molar-refractivity contribution in [2.75, 3.05) is 0 Å². The van der Waals surface area contributed by atoms with Crippen molar-refractivity contribution >= 4 is 35.2 Å². The number of hydrogen-bond acceptors (Lipinski definition) is 0. The van der Waals surface area contributed by atoms with Crippen molar-refractivity contribution in [3.8, 4) is 0 Å². The first-order valence-electron chi connectivity index (χ1n) is 0. The van der Waals surface area contributed by atoms with E-state index in [-0.39, 0.29) is 60.0 Å². The maximum absolute atomic E-state index is 0. The molecule has 0 saturated heterocycles. The summed E-state index contributed by atoms with van der Waals surface area (Å²) >= 11 is 0. The smallest absolute Gasteiger partial charge is 0 e. The third-order valence-corrected chi connectivity index (χ3v) is 0. The summed E-state index contributed by atoms with van der Waals surface area (Å²) in [5, 5.41) is 0. The molecule has 0 heterocycles. The molecule has 0 unspecified atom stereocenters. The molecule has 4 heavy (non-hydrogen) atoms. The zero-order valence-electron chi connectivity index (χ0n) is 1.76. The largest absolute Gasteiger partial charge is 1.00 e. The van der Waals surface area contributed by atoms with E-state index < -0.39 is 0 Å². The Hall–Kier alpha value is 1.67. The molecule has 24 valence electrons. The summed E-state index contributed by atoms with van der Waals surface area (Å²) in [6.07, 6.45) is 0. The van der Waals surface area contributed by atoms with Gasteiger partial charge in [-0.05, 0) is 0 Å². The summed E-state index contributed by atoms with van der Waals surface area (Å²) in [7, 11) is 0. The molecule has 0 amide bonds. The summed E-state index contributed by atoms with van der Waals surface area (Å²) in [4.78, 5) is 0. The van der Waals surface area contributed by atoms with Crippen molar-refractivity contribution in [3.63, 3.8) is 0 Å². The molecule has 0 nitrogen and oxygen atoms in total. The van der Waals surface area contributed by atoms with Gasteiger partial charge >= 0.3 is 0 Å². The van der Waals surface area contributed by atoms with Gasteiger partial charge < -0.3 is 24.8 Å². The Kier molecular flexibility index (Phi) is 251. The summed E-state index contributed by atoms with van der Waals surface area (Å²) in [5.74, 6) is 0. The minimum Gasteiger partial charge on any atom is -1.00 e. The molecule has 0 atom stereocenters. The number of rotatable bonds is 0. The van der Waals surface area contributed by atoms with Gasteiger partial charge in [-0.1, -0.05) is 0 Å². The molecule has 4 heteroatoms. The number of hydrogen-bond donors (Lipinski definition) is 0. The van der Waals surface area contributed by atoms with E-state index in [0.29, 0.717) is 0 Å². The first-order chi connectivity index (χ1) is 0. The summed E-state index contributed by atoms with van der Waals surface area (Å²) in [5.41, 5.74) is 0. The van der Waals surface area contributed by atoms with Crippen molar-refractivity contribution in [2.24, 2.45) is 0 Å². The third-order valence-electron chi connectivity index (χ3n) is 0. The maximum Gasteiger partial charge on any atom is 0 e. The van der Waals surface area contributed by atoms with Crippen LogP contribution in [0.2, 0.25) is 0 Å². The first kappa shape index (κ1) is 44.5. The molecule has 0 aliphatic carbocycles. The van der Waals surface area contributed by atoms with Gasteiger partial charge in [-0.15, -0.1) is 0 Å². The molecule has 0 aromatic carbocycles. The fourth-order valence-corrected chi connectivity index (χ4v) is 0. The summed E-state index contributed by atoms with van der Waals surface area (Å²) < 4.78 is 0. The molecule has 0 rings (SSSR count). The zero-order valence-corrected chi connectivity index (χ0v) is 7.46. The molecule has 0 aliphatic rings. The Balaban J connectivity index is 0. The van der Waals surface area contributed by atoms with E-state index in [1.54, 1.807) is 0 Å². The zero-order chi connectivity index (χ0) is 0. The van der Waals surface area contributed by atoms with Crippen LogP contribution >= 0.6 is 0 Å². The fraction of sp³-hybridized carbons (Fsp3) is 0. The van der Waals surface area contributed by atoms with E-state index >= 15 is 0 Å².